The maximum Gasteiger partial charge on any atom is 0.337 e. The van der Waals surface area contributed by atoms with Gasteiger partial charge in [0.15, 0.2) is 0 Å². The Balaban J connectivity index is 2.11. The summed E-state index contributed by atoms with van der Waals surface area (Å²) in [5.74, 6) is -1.62. The van der Waals surface area contributed by atoms with Crippen LogP contribution >= 0.6 is 0 Å². The fraction of sp³-hybridized carbons (Fsp3) is 0.500. The normalized spacial score (nSPS) is 17.0. The molecule has 2 N–H and O–H groups in total. The second-order valence-electron chi connectivity index (χ2n) is 5.06. The molecule has 0 unspecified atom stereocenters. The van der Waals surface area contributed by atoms with Gasteiger partial charge in [0, 0.05) is 12.2 Å². The van der Waals surface area contributed by atoms with Gasteiger partial charge in [0.1, 0.15) is 5.82 Å². The second-order valence-corrected chi connectivity index (χ2v) is 5.06. The number of nitrogens with one attached hydrogen (secondary N) is 1. The van der Waals surface area contributed by atoms with E-state index in [-0.39, 0.29) is 5.56 Å². The van der Waals surface area contributed by atoms with Crippen LogP contribution in [0, 0.1) is 11.2 Å². The highest BCUT2D eigenvalue weighted by Gasteiger charge is 2.34. The van der Waals surface area contributed by atoms with Crippen molar-refractivity contribution >= 4 is 11.7 Å². The number of carboxylic acid groups (broad SMARTS) is 1. The molecule has 0 aromatic heterocycles. The standard InChI is InChI=1S/C14H18FNO2/c1-2-14(6-3-7-14)9-16-12-5-4-10(15)8-11(12)13(17)18/h4-5,8,16H,2-3,6-7,9H2,1H3,(H,17,18). The first-order chi connectivity index (χ1) is 8.56. The average Bonchev–Trinajstić information content (AvgIpc) is 2.29. The van der Waals surface area contributed by atoms with E-state index < -0.39 is 11.8 Å². The maximum atomic E-state index is 13.0. The van der Waals surface area contributed by atoms with Crippen LogP contribution in [0.4, 0.5) is 10.1 Å². The fourth-order valence-corrected chi connectivity index (χ4v) is 2.46. The Morgan fingerprint density at radius 1 is 1.50 bits per heavy atom. The third-order valence-corrected chi connectivity index (χ3v) is 4.03. The zero-order valence-corrected chi connectivity index (χ0v) is 10.5. The number of hydrogen-bond acceptors (Lipinski definition) is 2. The van der Waals surface area contributed by atoms with Gasteiger partial charge in [0.25, 0.3) is 0 Å². The molecule has 1 aromatic carbocycles. The van der Waals surface area contributed by atoms with Crippen LogP contribution in [0.3, 0.4) is 0 Å². The molecule has 4 heteroatoms. The molecule has 0 spiro atoms. The van der Waals surface area contributed by atoms with Crippen LogP contribution in [0.1, 0.15) is 43.0 Å². The predicted octanol–water partition coefficient (Wildman–Crippen LogP) is 3.52. The monoisotopic (exact) mass is 251 g/mol. The Bertz CT molecular complexity index is 450. The molecule has 0 atom stereocenters. The van der Waals surface area contributed by atoms with E-state index in [9.17, 15) is 9.18 Å². The molecule has 3 nitrogen and oxygen atoms in total. The molecule has 1 saturated carbocycles. The molecule has 18 heavy (non-hydrogen) atoms. The fourth-order valence-electron chi connectivity index (χ4n) is 2.46. The number of carbonyl (C=O) groups is 1. The maximum absolute atomic E-state index is 13.0. The van der Waals surface area contributed by atoms with Crippen molar-refractivity contribution in [2.24, 2.45) is 5.41 Å². The van der Waals surface area contributed by atoms with Crippen LogP contribution in [0.5, 0.6) is 0 Å². The highest BCUT2D eigenvalue weighted by atomic mass is 19.1. The molecule has 0 amide bonds. The first kappa shape index (κ1) is 12.9. The number of carboxylic acids is 1. The summed E-state index contributed by atoms with van der Waals surface area (Å²) in [5.41, 5.74) is 0.800. The Hall–Kier alpha value is -1.58. The number of benzene rings is 1. The zero-order chi connectivity index (χ0) is 13.2. The molecular formula is C14H18FNO2. The molecule has 1 fully saturated rings. The minimum absolute atomic E-state index is 0.000534. The Labute approximate surface area is 106 Å². The van der Waals surface area contributed by atoms with E-state index in [1.54, 1.807) is 0 Å². The summed E-state index contributed by atoms with van der Waals surface area (Å²) in [5, 5.41) is 12.2. The minimum Gasteiger partial charge on any atom is -0.478 e. The largest absolute Gasteiger partial charge is 0.478 e. The van der Waals surface area contributed by atoms with Crippen LogP contribution in [0.25, 0.3) is 0 Å². The van der Waals surface area contributed by atoms with E-state index in [1.807, 2.05) is 0 Å². The molecule has 0 saturated heterocycles. The molecular weight excluding hydrogens is 233 g/mol. The molecule has 1 aliphatic carbocycles. The first-order valence-corrected chi connectivity index (χ1v) is 6.33. The highest BCUT2D eigenvalue weighted by Crippen LogP contribution is 2.43. The van der Waals surface area contributed by atoms with E-state index >= 15 is 0 Å². The minimum atomic E-state index is -1.10. The summed E-state index contributed by atoms with van der Waals surface area (Å²) in [6, 6.07) is 3.85. The Kier molecular flexibility index (Phi) is 3.55. The van der Waals surface area contributed by atoms with Crippen molar-refractivity contribution in [2.45, 2.75) is 32.6 Å². The van der Waals surface area contributed by atoms with E-state index in [0.29, 0.717) is 11.1 Å². The van der Waals surface area contributed by atoms with Crippen LogP contribution in [0.15, 0.2) is 18.2 Å². The van der Waals surface area contributed by atoms with Gasteiger partial charge < -0.3 is 10.4 Å². The van der Waals surface area contributed by atoms with Crippen LogP contribution in [-0.2, 0) is 0 Å². The molecule has 0 bridgehead atoms. The van der Waals surface area contributed by atoms with Crippen molar-refractivity contribution in [3.8, 4) is 0 Å². The molecule has 0 aliphatic heterocycles. The molecule has 1 aromatic rings. The molecule has 0 radical (unpaired) electrons. The lowest BCUT2D eigenvalue weighted by molar-refractivity contribution is 0.0697. The summed E-state index contributed by atoms with van der Waals surface area (Å²) in [7, 11) is 0. The predicted molar refractivity (Wildman–Crippen MR) is 68.4 cm³/mol. The third-order valence-electron chi connectivity index (χ3n) is 4.03. The van der Waals surface area contributed by atoms with Gasteiger partial charge in [-0.1, -0.05) is 13.3 Å². The van der Waals surface area contributed by atoms with E-state index in [4.69, 9.17) is 5.11 Å². The zero-order valence-electron chi connectivity index (χ0n) is 10.5. The number of rotatable bonds is 5. The van der Waals surface area contributed by atoms with Crippen molar-refractivity contribution in [1.82, 2.24) is 0 Å². The molecule has 0 heterocycles. The lowest BCUT2D eigenvalue weighted by atomic mass is 9.67. The van der Waals surface area contributed by atoms with E-state index in [0.717, 1.165) is 19.0 Å². The second kappa shape index (κ2) is 4.96. The Morgan fingerprint density at radius 2 is 2.22 bits per heavy atom. The summed E-state index contributed by atoms with van der Waals surface area (Å²) < 4.78 is 13.0. The van der Waals surface area contributed by atoms with Gasteiger partial charge in [-0.2, -0.15) is 0 Å². The van der Waals surface area contributed by atoms with Crippen molar-refractivity contribution in [2.75, 3.05) is 11.9 Å². The Morgan fingerprint density at radius 3 is 2.72 bits per heavy atom. The van der Waals surface area contributed by atoms with Gasteiger partial charge in [-0.25, -0.2) is 9.18 Å². The van der Waals surface area contributed by atoms with Crippen LogP contribution in [-0.4, -0.2) is 17.6 Å². The number of anilines is 1. The van der Waals surface area contributed by atoms with Gasteiger partial charge in [-0.15, -0.1) is 0 Å². The third kappa shape index (κ3) is 2.47. The van der Waals surface area contributed by atoms with Gasteiger partial charge in [-0.3, -0.25) is 0 Å². The van der Waals surface area contributed by atoms with Crippen LogP contribution < -0.4 is 5.32 Å². The average molecular weight is 251 g/mol. The summed E-state index contributed by atoms with van der Waals surface area (Å²) >= 11 is 0. The smallest absolute Gasteiger partial charge is 0.337 e. The van der Waals surface area contributed by atoms with Crippen LogP contribution in [0.2, 0.25) is 0 Å². The van der Waals surface area contributed by atoms with Gasteiger partial charge in [0.05, 0.1) is 5.56 Å². The van der Waals surface area contributed by atoms with Crippen molar-refractivity contribution < 1.29 is 14.3 Å². The molecule has 98 valence electrons. The summed E-state index contributed by atoms with van der Waals surface area (Å²) in [4.78, 5) is 11.0. The number of halogens is 1. The first-order valence-electron chi connectivity index (χ1n) is 6.33. The van der Waals surface area contributed by atoms with Gasteiger partial charge >= 0.3 is 5.97 Å². The van der Waals surface area contributed by atoms with Crippen molar-refractivity contribution in [1.29, 1.82) is 0 Å². The quantitative estimate of drug-likeness (QED) is 0.841. The van der Waals surface area contributed by atoms with Gasteiger partial charge in [0.2, 0.25) is 0 Å². The topological polar surface area (TPSA) is 49.3 Å². The van der Waals surface area contributed by atoms with E-state index in [2.05, 4.69) is 12.2 Å². The van der Waals surface area contributed by atoms with Crippen molar-refractivity contribution in [3.63, 3.8) is 0 Å². The summed E-state index contributed by atoms with van der Waals surface area (Å²) in [6.45, 7) is 2.92. The SMILES string of the molecule is CCC1(CNc2ccc(F)cc2C(=O)O)CCC1. The van der Waals surface area contributed by atoms with Crippen molar-refractivity contribution in [3.05, 3.63) is 29.6 Å². The van der Waals surface area contributed by atoms with E-state index in [1.165, 1.54) is 31.4 Å². The lowest BCUT2D eigenvalue weighted by Crippen LogP contribution is -2.36. The van der Waals surface area contributed by atoms with Gasteiger partial charge in [-0.05, 0) is 42.9 Å². The molecule has 1 aliphatic rings. The summed E-state index contributed by atoms with van der Waals surface area (Å²) in [6.07, 6.45) is 4.69. The number of hydrogen-bond donors (Lipinski definition) is 2. The molecule has 2 rings (SSSR count). The lowest BCUT2D eigenvalue weighted by Gasteiger charge is -2.41. The highest BCUT2D eigenvalue weighted by molar-refractivity contribution is 5.94. The number of aromatic carboxylic acids is 1.